The molecule has 1 atom stereocenters. The largest absolute Gasteiger partial charge is 0.494 e. The van der Waals surface area contributed by atoms with Crippen molar-refractivity contribution in [1.29, 1.82) is 0 Å². The molecular formula is C21H20F2N2OS. The van der Waals surface area contributed by atoms with E-state index in [0.29, 0.717) is 4.77 Å². The lowest BCUT2D eigenvalue weighted by Crippen LogP contribution is -2.31. The third-order valence-corrected chi connectivity index (χ3v) is 5.75. The fourth-order valence-corrected chi connectivity index (χ4v) is 4.42. The summed E-state index contributed by atoms with van der Waals surface area (Å²) in [7, 11) is 1.47. The average Bonchev–Trinajstić information content (AvgIpc) is 3.00. The third kappa shape index (κ3) is 2.88. The van der Waals surface area contributed by atoms with Crippen molar-refractivity contribution in [2.24, 2.45) is 0 Å². The summed E-state index contributed by atoms with van der Waals surface area (Å²) < 4.78 is 35.1. The van der Waals surface area contributed by atoms with Crippen LogP contribution in [0.25, 0.3) is 5.69 Å². The number of methoxy groups -OCH3 is 1. The summed E-state index contributed by atoms with van der Waals surface area (Å²) >= 11 is 5.59. The Kier molecular flexibility index (Phi) is 4.38. The molecule has 0 aliphatic heterocycles. The predicted molar refractivity (Wildman–Crippen MR) is 103 cm³/mol. The van der Waals surface area contributed by atoms with Gasteiger partial charge in [-0.05, 0) is 80.4 Å². The Morgan fingerprint density at radius 1 is 1.15 bits per heavy atom. The second-order valence-electron chi connectivity index (χ2n) is 7.10. The van der Waals surface area contributed by atoms with E-state index in [9.17, 15) is 8.78 Å². The summed E-state index contributed by atoms with van der Waals surface area (Å²) in [6.07, 6.45) is 2.77. The number of hydrogen-bond donors (Lipinski definition) is 1. The number of aromatic nitrogens is 2. The van der Waals surface area contributed by atoms with Crippen LogP contribution >= 0.6 is 12.2 Å². The number of hydrogen-bond acceptors (Lipinski definition) is 2. The molecule has 27 heavy (non-hydrogen) atoms. The summed E-state index contributed by atoms with van der Waals surface area (Å²) in [6, 6.07) is 11.3. The van der Waals surface area contributed by atoms with E-state index in [-0.39, 0.29) is 22.8 Å². The van der Waals surface area contributed by atoms with Crippen molar-refractivity contribution in [2.45, 2.75) is 31.6 Å². The molecule has 6 heteroatoms. The maximum atomic E-state index is 14.0. The highest BCUT2D eigenvalue weighted by atomic mass is 32.1. The molecule has 1 aliphatic carbocycles. The van der Waals surface area contributed by atoms with Crippen molar-refractivity contribution >= 4 is 12.2 Å². The van der Waals surface area contributed by atoms with Gasteiger partial charge in [-0.1, -0.05) is 6.07 Å². The molecule has 1 heterocycles. The number of nitrogens with one attached hydrogen (secondary N) is 1. The first kappa shape index (κ1) is 17.9. The molecule has 3 nitrogen and oxygen atoms in total. The third-order valence-electron chi connectivity index (χ3n) is 5.47. The van der Waals surface area contributed by atoms with Crippen molar-refractivity contribution in [3.8, 4) is 11.4 Å². The van der Waals surface area contributed by atoms with Crippen LogP contribution in [0.15, 0.2) is 42.5 Å². The maximum Gasteiger partial charge on any atom is 0.182 e. The summed E-state index contributed by atoms with van der Waals surface area (Å²) in [5, 5.41) is 0. The van der Waals surface area contributed by atoms with Gasteiger partial charge in [0.2, 0.25) is 0 Å². The van der Waals surface area contributed by atoms with E-state index in [0.717, 1.165) is 41.9 Å². The van der Waals surface area contributed by atoms with Gasteiger partial charge >= 0.3 is 0 Å². The molecule has 4 rings (SSSR count). The topological polar surface area (TPSA) is 29.9 Å². The van der Waals surface area contributed by atoms with Crippen LogP contribution in [0.2, 0.25) is 0 Å². The zero-order valence-electron chi connectivity index (χ0n) is 15.2. The first-order valence-corrected chi connectivity index (χ1v) is 9.29. The van der Waals surface area contributed by atoms with Crippen LogP contribution in [0.5, 0.6) is 5.75 Å². The smallest absolute Gasteiger partial charge is 0.182 e. The molecule has 0 radical (unpaired) electrons. The van der Waals surface area contributed by atoms with Gasteiger partial charge in [-0.3, -0.25) is 4.57 Å². The van der Waals surface area contributed by atoms with Crippen molar-refractivity contribution in [3.05, 3.63) is 75.8 Å². The number of nitrogens with zero attached hydrogens (tertiary/aromatic N) is 1. The van der Waals surface area contributed by atoms with E-state index in [1.165, 1.54) is 25.3 Å². The number of fused-ring (bicyclic) bond motifs is 1. The van der Waals surface area contributed by atoms with Gasteiger partial charge in [-0.15, -0.1) is 0 Å². The van der Waals surface area contributed by atoms with E-state index in [1.54, 1.807) is 24.3 Å². The average molecular weight is 386 g/mol. The molecule has 0 saturated carbocycles. The minimum absolute atomic E-state index is 0.225. The normalized spacial score (nSPS) is 19.0. The highest BCUT2D eigenvalue weighted by Gasteiger charge is 2.38. The Morgan fingerprint density at radius 2 is 1.89 bits per heavy atom. The number of imidazole rings is 1. The quantitative estimate of drug-likeness (QED) is 0.606. The van der Waals surface area contributed by atoms with E-state index in [1.807, 2.05) is 4.57 Å². The molecule has 0 spiro atoms. The monoisotopic (exact) mass is 386 g/mol. The Morgan fingerprint density at radius 3 is 2.59 bits per heavy atom. The van der Waals surface area contributed by atoms with Crippen LogP contribution in [0.1, 0.15) is 36.7 Å². The Labute approximate surface area is 161 Å². The summed E-state index contributed by atoms with van der Waals surface area (Å²) in [5.41, 5.74) is 3.50. The molecule has 0 amide bonds. The second-order valence-corrected chi connectivity index (χ2v) is 7.49. The molecule has 2 aromatic carbocycles. The van der Waals surface area contributed by atoms with Crippen LogP contribution in [-0.4, -0.2) is 16.7 Å². The SMILES string of the molecule is COc1cc(C2(C)CCCc3[nH]c(=S)n(-c4ccc(F)cc4)c32)ccc1F. The number of halogens is 2. The second kappa shape index (κ2) is 6.60. The predicted octanol–water partition coefficient (Wildman–Crippen LogP) is 5.46. The first-order valence-electron chi connectivity index (χ1n) is 8.88. The van der Waals surface area contributed by atoms with Gasteiger partial charge in [0.25, 0.3) is 0 Å². The molecule has 0 fully saturated rings. The van der Waals surface area contributed by atoms with Crippen molar-refractivity contribution < 1.29 is 13.5 Å². The van der Waals surface area contributed by atoms with E-state index in [4.69, 9.17) is 17.0 Å². The number of aryl methyl sites for hydroxylation is 1. The van der Waals surface area contributed by atoms with E-state index >= 15 is 0 Å². The number of ether oxygens (including phenoxy) is 1. The zero-order valence-corrected chi connectivity index (χ0v) is 16.0. The molecule has 1 unspecified atom stereocenters. The lowest BCUT2D eigenvalue weighted by molar-refractivity contribution is 0.381. The van der Waals surface area contributed by atoms with Gasteiger partial charge < -0.3 is 9.72 Å². The first-order chi connectivity index (χ1) is 12.9. The molecule has 0 saturated heterocycles. The summed E-state index contributed by atoms with van der Waals surface area (Å²) in [6.45, 7) is 2.14. The van der Waals surface area contributed by atoms with Gasteiger partial charge in [0, 0.05) is 16.8 Å². The van der Waals surface area contributed by atoms with Crippen LogP contribution in [0, 0.1) is 16.4 Å². The van der Waals surface area contributed by atoms with Gasteiger partial charge in [-0.25, -0.2) is 8.78 Å². The Balaban J connectivity index is 1.95. The molecule has 0 bridgehead atoms. The molecule has 1 N–H and O–H groups in total. The standard InChI is InChI=1S/C21H20F2N2OS/c1-21(13-5-10-16(23)18(12-13)26-2)11-3-4-17-19(21)25(20(27)24-17)15-8-6-14(22)7-9-15/h5-10,12H,3-4,11H2,1-2H3,(H,24,27). The minimum atomic E-state index is -0.384. The Bertz CT molecular complexity index is 1060. The lowest BCUT2D eigenvalue weighted by atomic mass is 9.71. The highest BCUT2D eigenvalue weighted by molar-refractivity contribution is 7.71. The minimum Gasteiger partial charge on any atom is -0.494 e. The zero-order chi connectivity index (χ0) is 19.2. The van der Waals surface area contributed by atoms with Crippen LogP contribution in [0.3, 0.4) is 0 Å². The van der Waals surface area contributed by atoms with Gasteiger partial charge in [-0.2, -0.15) is 0 Å². The van der Waals surface area contributed by atoms with Gasteiger partial charge in [0.1, 0.15) is 5.82 Å². The van der Waals surface area contributed by atoms with Gasteiger partial charge in [0.15, 0.2) is 16.3 Å². The maximum absolute atomic E-state index is 14.0. The van der Waals surface area contributed by atoms with Crippen LogP contribution in [0.4, 0.5) is 8.78 Å². The molecule has 1 aromatic heterocycles. The van der Waals surface area contributed by atoms with Crippen molar-refractivity contribution in [3.63, 3.8) is 0 Å². The fourth-order valence-electron chi connectivity index (χ4n) is 4.10. The summed E-state index contributed by atoms with van der Waals surface area (Å²) in [5.74, 6) is -0.450. The summed E-state index contributed by atoms with van der Waals surface area (Å²) in [4.78, 5) is 3.32. The number of aromatic amines is 1. The molecule has 140 valence electrons. The highest BCUT2D eigenvalue weighted by Crippen LogP contribution is 2.44. The lowest BCUT2D eigenvalue weighted by Gasteiger charge is -2.36. The number of H-pyrrole nitrogens is 1. The molecule has 1 aliphatic rings. The molecular weight excluding hydrogens is 366 g/mol. The Hall–Kier alpha value is -2.47. The van der Waals surface area contributed by atoms with Gasteiger partial charge in [0.05, 0.1) is 12.8 Å². The number of benzene rings is 2. The van der Waals surface area contributed by atoms with Crippen LogP contribution < -0.4 is 4.74 Å². The van der Waals surface area contributed by atoms with E-state index < -0.39 is 0 Å². The van der Waals surface area contributed by atoms with Crippen molar-refractivity contribution in [1.82, 2.24) is 9.55 Å². The van der Waals surface area contributed by atoms with Crippen LogP contribution in [-0.2, 0) is 11.8 Å². The molecule has 3 aromatic rings. The van der Waals surface area contributed by atoms with E-state index in [2.05, 4.69) is 11.9 Å². The fraction of sp³-hybridized carbons (Fsp3) is 0.286. The number of rotatable bonds is 3. The van der Waals surface area contributed by atoms with Crippen molar-refractivity contribution in [2.75, 3.05) is 7.11 Å².